The number of nitrogens with two attached hydrogens (primary N) is 1. The van der Waals surface area contributed by atoms with Crippen molar-refractivity contribution in [2.75, 3.05) is 7.05 Å². The molecule has 1 aliphatic heterocycles. The van der Waals surface area contributed by atoms with Crippen molar-refractivity contribution in [3.63, 3.8) is 0 Å². The zero-order valence-corrected chi connectivity index (χ0v) is 6.07. The maximum atomic E-state index is 5.53. The summed E-state index contributed by atoms with van der Waals surface area (Å²) in [7, 11) is 1.83. The number of allylic oxidation sites excluding steroid dienone is 1. The number of hydrogen-bond acceptors (Lipinski definition) is 4. The van der Waals surface area contributed by atoms with Crippen LogP contribution in [0.2, 0.25) is 0 Å². The zero-order valence-electron chi connectivity index (χ0n) is 6.07. The molecule has 0 fully saturated rings. The second-order valence-electron chi connectivity index (χ2n) is 1.94. The van der Waals surface area contributed by atoms with E-state index in [9.17, 15) is 0 Å². The largest absolute Gasteiger partial charge is 0.382 e. The zero-order chi connectivity index (χ0) is 7.56. The smallest absolute Gasteiger partial charge is 0.150 e. The molecule has 0 aromatic heterocycles. The van der Waals surface area contributed by atoms with Gasteiger partial charge < -0.3 is 5.73 Å². The van der Waals surface area contributed by atoms with E-state index in [2.05, 4.69) is 10.1 Å². The molecular formula is C6H10N4. The first-order valence-corrected chi connectivity index (χ1v) is 3.02. The molecule has 4 nitrogen and oxygen atoms in total. The third-order valence-electron chi connectivity index (χ3n) is 1.31. The van der Waals surface area contributed by atoms with Crippen LogP contribution in [0.1, 0.15) is 6.92 Å². The molecule has 2 N–H and O–H groups in total. The van der Waals surface area contributed by atoms with Gasteiger partial charge in [0.1, 0.15) is 6.34 Å². The highest BCUT2D eigenvalue weighted by Crippen LogP contribution is 2.04. The molecule has 0 saturated heterocycles. The van der Waals surface area contributed by atoms with E-state index in [0.29, 0.717) is 5.84 Å². The van der Waals surface area contributed by atoms with E-state index in [0.717, 1.165) is 5.70 Å². The van der Waals surface area contributed by atoms with Gasteiger partial charge in [0.2, 0.25) is 0 Å². The van der Waals surface area contributed by atoms with Gasteiger partial charge in [0, 0.05) is 7.05 Å². The Bertz CT molecular complexity index is 214. The van der Waals surface area contributed by atoms with Gasteiger partial charge in [-0.3, -0.25) is 5.01 Å². The van der Waals surface area contributed by atoms with Gasteiger partial charge in [-0.1, -0.05) is 6.08 Å². The van der Waals surface area contributed by atoms with Crippen molar-refractivity contribution in [3.05, 3.63) is 11.8 Å². The molecule has 0 unspecified atom stereocenters. The summed E-state index contributed by atoms with van der Waals surface area (Å²) in [6, 6.07) is 0. The van der Waals surface area contributed by atoms with E-state index in [4.69, 9.17) is 5.73 Å². The van der Waals surface area contributed by atoms with Crippen molar-refractivity contribution in [2.24, 2.45) is 15.8 Å². The lowest BCUT2D eigenvalue weighted by atomic mass is 10.3. The molecule has 0 aliphatic carbocycles. The molecule has 0 saturated carbocycles. The predicted octanol–water partition coefficient (Wildman–Crippen LogP) is 0.136. The van der Waals surface area contributed by atoms with Crippen molar-refractivity contribution >= 4 is 12.2 Å². The van der Waals surface area contributed by atoms with E-state index in [-0.39, 0.29) is 0 Å². The van der Waals surface area contributed by atoms with Crippen molar-refractivity contribution in [3.8, 4) is 0 Å². The fourth-order valence-corrected chi connectivity index (χ4v) is 0.794. The van der Waals surface area contributed by atoms with Crippen molar-refractivity contribution in [1.29, 1.82) is 0 Å². The van der Waals surface area contributed by atoms with Crippen LogP contribution >= 0.6 is 0 Å². The third kappa shape index (κ3) is 1.00. The highest BCUT2D eigenvalue weighted by molar-refractivity contribution is 6.01. The molecular weight excluding hydrogens is 128 g/mol. The van der Waals surface area contributed by atoms with Crippen LogP contribution < -0.4 is 5.73 Å². The molecule has 54 valence electrons. The average Bonchev–Trinajstić information content (AvgIpc) is 1.88. The lowest BCUT2D eigenvalue weighted by Crippen LogP contribution is -2.28. The van der Waals surface area contributed by atoms with Crippen LogP contribution in [-0.4, -0.2) is 24.2 Å². The lowest BCUT2D eigenvalue weighted by molar-refractivity contribution is 0.465. The molecule has 4 heteroatoms. The van der Waals surface area contributed by atoms with E-state index >= 15 is 0 Å². The normalized spacial score (nSPS) is 21.6. The second-order valence-corrected chi connectivity index (χ2v) is 1.94. The van der Waals surface area contributed by atoms with Crippen molar-refractivity contribution in [1.82, 2.24) is 5.01 Å². The van der Waals surface area contributed by atoms with E-state index in [1.807, 2.05) is 20.0 Å². The summed E-state index contributed by atoms with van der Waals surface area (Å²) in [4.78, 5) is 3.83. The third-order valence-corrected chi connectivity index (χ3v) is 1.31. The summed E-state index contributed by atoms with van der Waals surface area (Å²) in [6.45, 7) is 1.90. The summed E-state index contributed by atoms with van der Waals surface area (Å²) < 4.78 is 0. The van der Waals surface area contributed by atoms with Crippen LogP contribution in [0.25, 0.3) is 0 Å². The van der Waals surface area contributed by atoms with Crippen LogP contribution in [0.3, 0.4) is 0 Å². The molecule has 1 rings (SSSR count). The summed E-state index contributed by atoms with van der Waals surface area (Å²) >= 11 is 0. The van der Waals surface area contributed by atoms with Crippen LogP contribution in [-0.2, 0) is 0 Å². The van der Waals surface area contributed by atoms with Gasteiger partial charge >= 0.3 is 0 Å². The van der Waals surface area contributed by atoms with Gasteiger partial charge in [-0.15, -0.1) is 0 Å². The summed E-state index contributed by atoms with van der Waals surface area (Å²) in [5, 5.41) is 5.59. The Morgan fingerprint density at radius 1 is 1.70 bits per heavy atom. The SMILES string of the molecule is CC=C1C(N)=NC=NN1C. The fourth-order valence-electron chi connectivity index (χ4n) is 0.794. The summed E-state index contributed by atoms with van der Waals surface area (Å²) in [6.07, 6.45) is 3.30. The Hall–Kier alpha value is -1.32. The molecule has 1 aliphatic rings. The number of nitrogens with zero attached hydrogens (tertiary/aromatic N) is 3. The topological polar surface area (TPSA) is 54.0 Å². The van der Waals surface area contributed by atoms with Crippen LogP contribution in [0.5, 0.6) is 0 Å². The molecule has 1 heterocycles. The van der Waals surface area contributed by atoms with Crippen LogP contribution in [0, 0.1) is 0 Å². The van der Waals surface area contributed by atoms with Crippen molar-refractivity contribution < 1.29 is 0 Å². The highest BCUT2D eigenvalue weighted by atomic mass is 15.5. The van der Waals surface area contributed by atoms with Crippen molar-refractivity contribution in [2.45, 2.75) is 6.92 Å². The predicted molar refractivity (Wildman–Crippen MR) is 41.6 cm³/mol. The Morgan fingerprint density at radius 2 is 2.40 bits per heavy atom. The molecule has 10 heavy (non-hydrogen) atoms. The van der Waals surface area contributed by atoms with E-state index in [1.165, 1.54) is 6.34 Å². The van der Waals surface area contributed by atoms with E-state index in [1.54, 1.807) is 5.01 Å². The van der Waals surface area contributed by atoms with Gasteiger partial charge in [-0.05, 0) is 6.92 Å². The first-order chi connectivity index (χ1) is 4.75. The van der Waals surface area contributed by atoms with Gasteiger partial charge in [0.05, 0.1) is 5.70 Å². The highest BCUT2D eigenvalue weighted by Gasteiger charge is 2.08. The van der Waals surface area contributed by atoms with Gasteiger partial charge in [0.15, 0.2) is 5.84 Å². The molecule has 0 spiro atoms. The Kier molecular flexibility index (Phi) is 1.71. The maximum absolute atomic E-state index is 5.53. The number of hydrazone groups is 1. The molecule has 0 aromatic rings. The minimum atomic E-state index is 0.514. The number of aliphatic imine (C=N–C) groups is 1. The number of hydrogen-bond donors (Lipinski definition) is 1. The summed E-state index contributed by atoms with van der Waals surface area (Å²) in [5.41, 5.74) is 6.38. The number of likely N-dealkylation sites (N-methyl/N-ethyl adjacent to an activating group) is 1. The Labute approximate surface area is 59.7 Å². The minimum Gasteiger partial charge on any atom is -0.382 e. The van der Waals surface area contributed by atoms with Gasteiger partial charge in [-0.2, -0.15) is 5.10 Å². The van der Waals surface area contributed by atoms with Crippen LogP contribution in [0.4, 0.5) is 0 Å². The average molecular weight is 138 g/mol. The molecule has 0 aromatic carbocycles. The maximum Gasteiger partial charge on any atom is 0.150 e. The van der Waals surface area contributed by atoms with Gasteiger partial charge in [0.25, 0.3) is 0 Å². The lowest BCUT2D eigenvalue weighted by Gasteiger charge is -2.17. The Balaban J connectivity index is 2.93. The molecule has 0 atom stereocenters. The summed E-state index contributed by atoms with van der Waals surface area (Å²) in [5.74, 6) is 0.514. The standard InChI is InChI=1S/C6H10N4/c1-3-5-6(7)8-4-9-10(5)2/h3-4H,1-2H3,(H2,7,8,9). The number of amidine groups is 1. The van der Waals surface area contributed by atoms with E-state index < -0.39 is 0 Å². The quantitative estimate of drug-likeness (QED) is 0.517. The van der Waals surface area contributed by atoms with Gasteiger partial charge in [-0.25, -0.2) is 4.99 Å². The Morgan fingerprint density at radius 3 is 2.80 bits per heavy atom. The fraction of sp³-hybridized carbons (Fsp3) is 0.333. The molecule has 0 bridgehead atoms. The monoisotopic (exact) mass is 138 g/mol. The first-order valence-electron chi connectivity index (χ1n) is 3.02. The number of rotatable bonds is 0. The van der Waals surface area contributed by atoms with Crippen LogP contribution in [0.15, 0.2) is 21.9 Å². The first kappa shape index (κ1) is 6.80. The minimum absolute atomic E-state index is 0.514. The molecule has 0 amide bonds. The molecule has 0 radical (unpaired) electrons. The second kappa shape index (κ2) is 2.51.